The number of ether oxygens (including phenoxy) is 1. The van der Waals surface area contributed by atoms with Gasteiger partial charge in [-0.05, 0) is 64.0 Å². The lowest BCUT2D eigenvalue weighted by Crippen LogP contribution is -2.28. The van der Waals surface area contributed by atoms with Crippen LogP contribution in [-0.2, 0) is 6.54 Å². The Morgan fingerprint density at radius 2 is 2.11 bits per heavy atom. The van der Waals surface area contributed by atoms with Crippen molar-refractivity contribution in [2.24, 2.45) is 0 Å². The first-order chi connectivity index (χ1) is 9.28. The average Bonchev–Trinajstić information content (AvgIpc) is 2.92. The van der Waals surface area contributed by atoms with Gasteiger partial charge in [-0.2, -0.15) is 0 Å². The number of nitrogens with one attached hydrogen (secondary N) is 1. The lowest BCUT2D eigenvalue weighted by atomic mass is 10.1. The molecule has 0 bridgehead atoms. The monoisotopic (exact) mass is 262 g/mol. The lowest BCUT2D eigenvalue weighted by Gasteiger charge is -2.19. The summed E-state index contributed by atoms with van der Waals surface area (Å²) in [5, 5.41) is 3.55. The fourth-order valence-corrected chi connectivity index (χ4v) is 2.63. The zero-order valence-electron chi connectivity index (χ0n) is 12.2. The molecular weight excluding hydrogens is 236 g/mol. The first-order valence-corrected chi connectivity index (χ1v) is 7.41. The predicted octanol–water partition coefficient (Wildman–Crippen LogP) is 2.66. The molecule has 0 spiro atoms. The van der Waals surface area contributed by atoms with Crippen LogP contribution in [0.15, 0.2) is 24.3 Å². The highest BCUT2D eigenvalue weighted by molar-refractivity contribution is 5.27. The number of rotatable bonds is 7. The van der Waals surface area contributed by atoms with Crippen molar-refractivity contribution in [1.82, 2.24) is 10.2 Å². The molecule has 1 aromatic rings. The van der Waals surface area contributed by atoms with E-state index in [-0.39, 0.29) is 0 Å². The normalized spacial score (nSPS) is 19.0. The molecule has 0 aromatic heterocycles. The zero-order valence-corrected chi connectivity index (χ0v) is 12.2. The fourth-order valence-electron chi connectivity index (χ4n) is 2.63. The van der Waals surface area contributed by atoms with Crippen LogP contribution < -0.4 is 10.1 Å². The standard InChI is InChI=1S/C16H26N2O/c1-3-19-16-8-6-14(7-9-16)13-18(2)12-10-15-5-4-11-17-15/h6-9,15,17H,3-5,10-13H2,1-2H3. The van der Waals surface area contributed by atoms with Crippen LogP contribution in [0.5, 0.6) is 5.75 Å². The van der Waals surface area contributed by atoms with Gasteiger partial charge in [0.2, 0.25) is 0 Å². The largest absolute Gasteiger partial charge is 0.494 e. The van der Waals surface area contributed by atoms with Gasteiger partial charge < -0.3 is 15.0 Å². The summed E-state index contributed by atoms with van der Waals surface area (Å²) in [5.41, 5.74) is 1.35. The van der Waals surface area contributed by atoms with Crippen molar-refractivity contribution in [1.29, 1.82) is 0 Å². The van der Waals surface area contributed by atoms with Crippen molar-refractivity contribution < 1.29 is 4.74 Å². The molecule has 19 heavy (non-hydrogen) atoms. The minimum atomic E-state index is 0.730. The van der Waals surface area contributed by atoms with Gasteiger partial charge in [-0.25, -0.2) is 0 Å². The first kappa shape index (κ1) is 14.4. The van der Waals surface area contributed by atoms with Gasteiger partial charge in [-0.15, -0.1) is 0 Å². The predicted molar refractivity (Wildman–Crippen MR) is 79.6 cm³/mol. The van der Waals surface area contributed by atoms with E-state index in [1.54, 1.807) is 0 Å². The second-order valence-electron chi connectivity index (χ2n) is 5.40. The third kappa shape index (κ3) is 4.84. The third-order valence-electron chi connectivity index (χ3n) is 3.71. The van der Waals surface area contributed by atoms with Crippen molar-refractivity contribution in [3.63, 3.8) is 0 Å². The van der Waals surface area contributed by atoms with Crippen LogP contribution >= 0.6 is 0 Å². The summed E-state index contributed by atoms with van der Waals surface area (Å²) in [6.45, 7) is 6.11. The summed E-state index contributed by atoms with van der Waals surface area (Å²) in [7, 11) is 2.20. The molecule has 1 aliphatic heterocycles. The number of benzene rings is 1. The summed E-state index contributed by atoms with van der Waals surface area (Å²) in [6.07, 6.45) is 3.94. The molecule has 1 N–H and O–H groups in total. The maximum absolute atomic E-state index is 5.46. The summed E-state index contributed by atoms with van der Waals surface area (Å²) < 4.78 is 5.46. The molecule has 0 aliphatic carbocycles. The number of hydrogen-bond donors (Lipinski definition) is 1. The molecule has 0 radical (unpaired) electrons. The number of hydrogen-bond acceptors (Lipinski definition) is 3. The summed E-state index contributed by atoms with van der Waals surface area (Å²) in [6, 6.07) is 9.18. The highest BCUT2D eigenvalue weighted by Crippen LogP contribution is 2.14. The highest BCUT2D eigenvalue weighted by atomic mass is 16.5. The van der Waals surface area contributed by atoms with Crippen molar-refractivity contribution >= 4 is 0 Å². The van der Waals surface area contributed by atoms with Crippen molar-refractivity contribution in [2.75, 3.05) is 26.7 Å². The third-order valence-corrected chi connectivity index (χ3v) is 3.71. The molecule has 1 heterocycles. The Bertz CT molecular complexity index is 358. The molecule has 2 rings (SSSR count). The van der Waals surface area contributed by atoms with E-state index in [4.69, 9.17) is 4.74 Å². The second kappa shape index (κ2) is 7.51. The van der Waals surface area contributed by atoms with Gasteiger partial charge in [0.25, 0.3) is 0 Å². The first-order valence-electron chi connectivity index (χ1n) is 7.41. The Labute approximate surface area is 116 Å². The molecule has 0 saturated carbocycles. The summed E-state index contributed by atoms with van der Waals surface area (Å²) >= 11 is 0. The van der Waals surface area contributed by atoms with Gasteiger partial charge in [0.15, 0.2) is 0 Å². The Morgan fingerprint density at radius 3 is 2.74 bits per heavy atom. The van der Waals surface area contributed by atoms with Gasteiger partial charge in [0.05, 0.1) is 6.61 Å². The molecule has 0 amide bonds. The van der Waals surface area contributed by atoms with Crippen LogP contribution in [0, 0.1) is 0 Å². The molecule has 3 heteroatoms. The second-order valence-corrected chi connectivity index (χ2v) is 5.40. The summed E-state index contributed by atoms with van der Waals surface area (Å²) in [5.74, 6) is 0.962. The van der Waals surface area contributed by atoms with Crippen LogP contribution in [0.25, 0.3) is 0 Å². The molecule has 1 fully saturated rings. The van der Waals surface area contributed by atoms with Crippen molar-refractivity contribution in [3.8, 4) is 5.75 Å². The van der Waals surface area contributed by atoms with E-state index in [0.29, 0.717) is 0 Å². The van der Waals surface area contributed by atoms with Gasteiger partial charge in [0.1, 0.15) is 5.75 Å². The molecule has 3 nitrogen and oxygen atoms in total. The fraction of sp³-hybridized carbons (Fsp3) is 0.625. The molecule has 106 valence electrons. The molecule has 1 atom stereocenters. The Kier molecular flexibility index (Phi) is 5.67. The smallest absolute Gasteiger partial charge is 0.119 e. The van der Waals surface area contributed by atoms with Crippen LogP contribution in [0.3, 0.4) is 0 Å². The molecule has 1 aromatic carbocycles. The van der Waals surface area contributed by atoms with Crippen LogP contribution in [0.1, 0.15) is 31.7 Å². The highest BCUT2D eigenvalue weighted by Gasteiger charge is 2.14. The van der Waals surface area contributed by atoms with Crippen molar-refractivity contribution in [3.05, 3.63) is 29.8 Å². The lowest BCUT2D eigenvalue weighted by molar-refractivity contribution is 0.305. The molecular formula is C16H26N2O. The van der Waals surface area contributed by atoms with Crippen LogP contribution in [0.4, 0.5) is 0 Å². The van der Waals surface area contributed by atoms with Gasteiger partial charge in [-0.3, -0.25) is 0 Å². The van der Waals surface area contributed by atoms with E-state index in [1.165, 1.54) is 31.4 Å². The summed E-state index contributed by atoms with van der Waals surface area (Å²) in [4.78, 5) is 2.40. The molecule has 1 aliphatic rings. The SMILES string of the molecule is CCOc1ccc(CN(C)CCC2CCCN2)cc1. The molecule has 1 saturated heterocycles. The Hall–Kier alpha value is -1.06. The Balaban J connectivity index is 1.72. The molecule has 1 unspecified atom stereocenters. The minimum Gasteiger partial charge on any atom is -0.494 e. The zero-order chi connectivity index (χ0) is 13.5. The van der Waals surface area contributed by atoms with E-state index in [1.807, 2.05) is 6.92 Å². The quantitative estimate of drug-likeness (QED) is 0.817. The van der Waals surface area contributed by atoms with E-state index >= 15 is 0 Å². The topological polar surface area (TPSA) is 24.5 Å². The number of nitrogens with zero attached hydrogens (tertiary/aromatic N) is 1. The van der Waals surface area contributed by atoms with Crippen LogP contribution in [-0.4, -0.2) is 37.7 Å². The van der Waals surface area contributed by atoms with Gasteiger partial charge >= 0.3 is 0 Å². The van der Waals surface area contributed by atoms with Gasteiger partial charge in [0, 0.05) is 12.6 Å². The average molecular weight is 262 g/mol. The Morgan fingerprint density at radius 1 is 1.32 bits per heavy atom. The van der Waals surface area contributed by atoms with E-state index in [0.717, 1.165) is 31.5 Å². The van der Waals surface area contributed by atoms with Gasteiger partial charge in [-0.1, -0.05) is 12.1 Å². The minimum absolute atomic E-state index is 0.730. The van der Waals surface area contributed by atoms with E-state index in [2.05, 4.69) is 41.5 Å². The maximum atomic E-state index is 5.46. The van der Waals surface area contributed by atoms with E-state index in [9.17, 15) is 0 Å². The maximum Gasteiger partial charge on any atom is 0.119 e. The van der Waals surface area contributed by atoms with Crippen molar-refractivity contribution in [2.45, 2.75) is 38.8 Å². The van der Waals surface area contributed by atoms with Crippen LogP contribution in [0.2, 0.25) is 0 Å². The van der Waals surface area contributed by atoms with E-state index < -0.39 is 0 Å².